The van der Waals surface area contributed by atoms with Gasteiger partial charge in [0.15, 0.2) is 5.96 Å². The second-order valence-electron chi connectivity index (χ2n) is 6.87. The van der Waals surface area contributed by atoms with Crippen LogP contribution in [-0.2, 0) is 6.54 Å². The zero-order valence-corrected chi connectivity index (χ0v) is 20.5. The van der Waals surface area contributed by atoms with Gasteiger partial charge in [-0.15, -0.1) is 24.0 Å². The third kappa shape index (κ3) is 7.40. The highest BCUT2D eigenvalue weighted by Gasteiger charge is 2.15. The third-order valence-corrected chi connectivity index (χ3v) is 4.70. The number of methoxy groups -OCH3 is 2. The molecule has 7 heteroatoms. The molecular weight excluding hydrogens is 479 g/mol. The van der Waals surface area contributed by atoms with Crippen LogP contribution in [0.4, 0.5) is 0 Å². The van der Waals surface area contributed by atoms with E-state index in [2.05, 4.69) is 65.8 Å². The minimum atomic E-state index is 0. The quantitative estimate of drug-likeness (QED) is 0.322. The van der Waals surface area contributed by atoms with Crippen molar-refractivity contribution < 1.29 is 9.47 Å². The van der Waals surface area contributed by atoms with Gasteiger partial charge in [-0.2, -0.15) is 0 Å². The summed E-state index contributed by atoms with van der Waals surface area (Å²) in [5.74, 6) is 2.49. The van der Waals surface area contributed by atoms with Crippen LogP contribution < -0.4 is 20.1 Å². The van der Waals surface area contributed by atoms with Gasteiger partial charge >= 0.3 is 0 Å². The summed E-state index contributed by atoms with van der Waals surface area (Å²) in [7, 11) is 9.30. The van der Waals surface area contributed by atoms with Gasteiger partial charge < -0.3 is 25.0 Å². The average molecular weight is 512 g/mol. The summed E-state index contributed by atoms with van der Waals surface area (Å²) in [4.78, 5) is 6.53. The lowest BCUT2D eigenvalue weighted by Gasteiger charge is -2.26. The van der Waals surface area contributed by atoms with Gasteiger partial charge in [-0.1, -0.05) is 24.3 Å². The Hall–Kier alpha value is -2.00. The van der Waals surface area contributed by atoms with Crippen LogP contribution in [0, 0.1) is 6.92 Å². The average Bonchev–Trinajstić information content (AvgIpc) is 2.71. The summed E-state index contributed by atoms with van der Waals surface area (Å²) in [6.07, 6.45) is 0. The van der Waals surface area contributed by atoms with Crippen LogP contribution in [0.5, 0.6) is 11.5 Å². The molecule has 0 saturated carbocycles. The van der Waals surface area contributed by atoms with Gasteiger partial charge in [-0.3, -0.25) is 4.99 Å². The normalized spacial score (nSPS) is 12.2. The number of guanidine groups is 1. The first-order valence-electron chi connectivity index (χ1n) is 9.37. The molecule has 0 amide bonds. The first kappa shape index (κ1) is 25.0. The second kappa shape index (κ2) is 12.5. The minimum absolute atomic E-state index is 0. The maximum Gasteiger partial charge on any atom is 0.191 e. The minimum Gasteiger partial charge on any atom is -0.497 e. The fraction of sp³-hybridized carbons (Fsp3) is 0.409. The molecule has 2 aromatic rings. The van der Waals surface area contributed by atoms with E-state index < -0.39 is 0 Å². The topological polar surface area (TPSA) is 58.1 Å². The van der Waals surface area contributed by atoms with Crippen LogP contribution >= 0.6 is 24.0 Å². The molecule has 0 aliphatic heterocycles. The van der Waals surface area contributed by atoms with Crippen molar-refractivity contribution in [2.75, 3.05) is 41.9 Å². The lowest BCUT2D eigenvalue weighted by molar-refractivity contribution is 0.298. The van der Waals surface area contributed by atoms with Crippen LogP contribution in [0.2, 0.25) is 0 Å². The van der Waals surface area contributed by atoms with Crippen molar-refractivity contribution in [3.63, 3.8) is 0 Å². The lowest BCUT2D eigenvalue weighted by atomic mass is 10.1. The Morgan fingerprint density at radius 1 is 1.03 bits per heavy atom. The summed E-state index contributed by atoms with van der Waals surface area (Å²) < 4.78 is 10.7. The number of halogens is 1. The van der Waals surface area contributed by atoms with Crippen LogP contribution in [0.25, 0.3) is 0 Å². The molecule has 2 aromatic carbocycles. The highest BCUT2D eigenvalue weighted by molar-refractivity contribution is 14.0. The first-order chi connectivity index (χ1) is 13.5. The van der Waals surface area contributed by atoms with E-state index in [9.17, 15) is 0 Å². The highest BCUT2D eigenvalue weighted by atomic mass is 127. The van der Waals surface area contributed by atoms with E-state index in [0.29, 0.717) is 6.54 Å². The Labute approximate surface area is 191 Å². The number of likely N-dealkylation sites (N-methyl/N-ethyl adjacent to an activating group) is 1. The van der Waals surface area contributed by atoms with Crippen molar-refractivity contribution in [3.05, 3.63) is 59.2 Å². The smallest absolute Gasteiger partial charge is 0.191 e. The van der Waals surface area contributed by atoms with Crippen molar-refractivity contribution >= 4 is 29.9 Å². The molecule has 2 N–H and O–H groups in total. The van der Waals surface area contributed by atoms with E-state index in [1.54, 1.807) is 21.3 Å². The first-order valence-corrected chi connectivity index (χ1v) is 9.37. The molecule has 1 unspecified atom stereocenters. The van der Waals surface area contributed by atoms with Gasteiger partial charge in [-0.25, -0.2) is 0 Å². The molecule has 2 rings (SSSR count). The molecule has 0 radical (unpaired) electrons. The summed E-state index contributed by atoms with van der Waals surface area (Å²) in [6.45, 7) is 3.42. The van der Waals surface area contributed by atoms with Gasteiger partial charge in [0, 0.05) is 25.7 Å². The fourth-order valence-electron chi connectivity index (χ4n) is 3.02. The molecule has 1 atom stereocenters. The maximum atomic E-state index is 5.48. The SMILES string of the molecule is CN=C(NCc1ccc(C)cc1OC)NCC(c1ccc(OC)cc1)N(C)C.I. The van der Waals surface area contributed by atoms with E-state index in [1.807, 2.05) is 18.2 Å². The van der Waals surface area contributed by atoms with E-state index >= 15 is 0 Å². The van der Waals surface area contributed by atoms with E-state index in [-0.39, 0.29) is 30.0 Å². The number of ether oxygens (including phenoxy) is 2. The number of rotatable bonds is 8. The Morgan fingerprint density at radius 2 is 1.72 bits per heavy atom. The zero-order valence-electron chi connectivity index (χ0n) is 18.2. The molecule has 0 spiro atoms. The maximum absolute atomic E-state index is 5.48. The predicted molar refractivity (Wildman–Crippen MR) is 131 cm³/mol. The second-order valence-corrected chi connectivity index (χ2v) is 6.87. The Balaban J connectivity index is 0.00000420. The fourth-order valence-corrected chi connectivity index (χ4v) is 3.02. The van der Waals surface area contributed by atoms with Crippen LogP contribution in [0.1, 0.15) is 22.7 Å². The van der Waals surface area contributed by atoms with Gasteiger partial charge in [0.2, 0.25) is 0 Å². The predicted octanol–water partition coefficient (Wildman–Crippen LogP) is 3.60. The van der Waals surface area contributed by atoms with E-state index in [4.69, 9.17) is 9.47 Å². The summed E-state index contributed by atoms with van der Waals surface area (Å²) in [5.41, 5.74) is 3.49. The van der Waals surface area contributed by atoms with Crippen LogP contribution in [0.3, 0.4) is 0 Å². The van der Waals surface area contributed by atoms with Crippen molar-refractivity contribution in [1.82, 2.24) is 15.5 Å². The summed E-state index contributed by atoms with van der Waals surface area (Å²) >= 11 is 0. The number of aliphatic imine (C=N–C) groups is 1. The van der Waals surface area contributed by atoms with Gasteiger partial charge in [-0.05, 0) is 50.3 Å². The van der Waals surface area contributed by atoms with Crippen LogP contribution in [0.15, 0.2) is 47.5 Å². The molecule has 160 valence electrons. The molecule has 0 aliphatic rings. The van der Waals surface area contributed by atoms with E-state index in [1.165, 1.54) is 11.1 Å². The Morgan fingerprint density at radius 3 is 2.28 bits per heavy atom. The molecule has 0 saturated heterocycles. The molecule has 0 fully saturated rings. The number of nitrogens with zero attached hydrogens (tertiary/aromatic N) is 2. The number of aryl methyl sites for hydroxylation is 1. The summed E-state index contributed by atoms with van der Waals surface area (Å²) in [6, 6.07) is 14.6. The van der Waals surface area contributed by atoms with Crippen molar-refractivity contribution in [2.24, 2.45) is 4.99 Å². The number of hydrogen-bond acceptors (Lipinski definition) is 4. The standard InChI is InChI=1S/C22H32N4O2.HI/c1-16-7-8-18(21(13-16)28-6)14-24-22(23-2)25-15-20(26(3)4)17-9-11-19(27-5)12-10-17;/h7-13,20H,14-15H2,1-6H3,(H2,23,24,25);1H. The monoisotopic (exact) mass is 512 g/mol. The van der Waals surface area contributed by atoms with Gasteiger partial charge in [0.1, 0.15) is 11.5 Å². The number of hydrogen-bond donors (Lipinski definition) is 2. The summed E-state index contributed by atoms with van der Waals surface area (Å²) in [5, 5.41) is 6.79. The van der Waals surface area contributed by atoms with Crippen LogP contribution in [-0.4, -0.2) is 52.8 Å². The third-order valence-electron chi connectivity index (χ3n) is 4.70. The number of benzene rings is 2. The number of nitrogens with one attached hydrogen (secondary N) is 2. The highest BCUT2D eigenvalue weighted by Crippen LogP contribution is 2.21. The Bertz CT molecular complexity index is 779. The zero-order chi connectivity index (χ0) is 20.5. The molecule has 0 heterocycles. The van der Waals surface area contributed by atoms with Gasteiger partial charge in [0.05, 0.1) is 20.3 Å². The Kier molecular flexibility index (Phi) is 10.8. The van der Waals surface area contributed by atoms with Gasteiger partial charge in [0.25, 0.3) is 0 Å². The molecule has 6 nitrogen and oxygen atoms in total. The van der Waals surface area contributed by atoms with E-state index in [0.717, 1.165) is 29.6 Å². The molecule has 0 bridgehead atoms. The van der Waals surface area contributed by atoms with Crippen molar-refractivity contribution in [1.29, 1.82) is 0 Å². The molecule has 0 aromatic heterocycles. The molecule has 0 aliphatic carbocycles. The molecule has 29 heavy (non-hydrogen) atoms. The lowest BCUT2D eigenvalue weighted by Crippen LogP contribution is -2.41. The van der Waals surface area contributed by atoms with Crippen molar-refractivity contribution in [2.45, 2.75) is 19.5 Å². The molecular formula is C22H33IN4O2. The van der Waals surface area contributed by atoms with Crippen molar-refractivity contribution in [3.8, 4) is 11.5 Å². The largest absolute Gasteiger partial charge is 0.497 e.